The molecule has 0 spiro atoms. The van der Waals surface area contributed by atoms with Gasteiger partial charge in [-0.1, -0.05) is 37.3 Å². The number of benzene rings is 1. The summed E-state index contributed by atoms with van der Waals surface area (Å²) in [7, 11) is -3.33. The van der Waals surface area contributed by atoms with Gasteiger partial charge in [0.15, 0.2) is 0 Å². The Balaban J connectivity index is 1.84. The van der Waals surface area contributed by atoms with Gasteiger partial charge < -0.3 is 0 Å². The van der Waals surface area contributed by atoms with Gasteiger partial charge in [-0.25, -0.2) is 0 Å². The van der Waals surface area contributed by atoms with E-state index in [9.17, 15) is 8.42 Å². The summed E-state index contributed by atoms with van der Waals surface area (Å²) in [6.45, 7) is 4.12. The maximum Gasteiger partial charge on any atom is 0.282 e. The Morgan fingerprint density at radius 3 is 2.48 bits per heavy atom. The van der Waals surface area contributed by atoms with Gasteiger partial charge in [0, 0.05) is 19.6 Å². The molecule has 0 aromatic heterocycles. The molecule has 2 heterocycles. The molecule has 2 fully saturated rings. The standard InChI is InChI=1S/C16H24N2O2S/c1-14-7-5-11-17(13-14)21(19,20)18-12-6-10-16(18)15-8-3-2-4-9-15/h2-4,8-9,14,16H,5-7,10-13H2,1H3/t14-,16-/m1/s1. The minimum atomic E-state index is -3.33. The van der Waals surface area contributed by atoms with Crippen LogP contribution in [0.5, 0.6) is 0 Å². The lowest BCUT2D eigenvalue weighted by Gasteiger charge is -2.35. The first-order valence-corrected chi connectivity index (χ1v) is 9.30. The molecule has 21 heavy (non-hydrogen) atoms. The van der Waals surface area contributed by atoms with Gasteiger partial charge in [-0.15, -0.1) is 0 Å². The first-order chi connectivity index (χ1) is 10.1. The van der Waals surface area contributed by atoms with Crippen LogP contribution in [0.15, 0.2) is 30.3 Å². The van der Waals surface area contributed by atoms with E-state index in [1.807, 2.05) is 30.3 Å². The molecule has 5 heteroatoms. The molecule has 4 nitrogen and oxygen atoms in total. The van der Waals surface area contributed by atoms with Crippen molar-refractivity contribution >= 4 is 10.2 Å². The summed E-state index contributed by atoms with van der Waals surface area (Å²) < 4.78 is 29.4. The molecule has 1 aromatic rings. The number of hydrogen-bond acceptors (Lipinski definition) is 2. The average Bonchev–Trinajstić information content (AvgIpc) is 2.98. The highest BCUT2D eigenvalue weighted by atomic mass is 32.2. The lowest BCUT2D eigenvalue weighted by molar-refractivity contribution is 0.254. The number of rotatable bonds is 3. The van der Waals surface area contributed by atoms with Crippen LogP contribution in [0.3, 0.4) is 0 Å². The minimum Gasteiger partial charge on any atom is -0.195 e. The molecular formula is C16H24N2O2S. The molecule has 2 aliphatic rings. The van der Waals surface area contributed by atoms with Crippen molar-refractivity contribution in [1.82, 2.24) is 8.61 Å². The second kappa shape index (κ2) is 6.07. The van der Waals surface area contributed by atoms with Crippen LogP contribution in [-0.4, -0.2) is 36.7 Å². The summed E-state index contributed by atoms with van der Waals surface area (Å²) in [5.41, 5.74) is 1.11. The number of piperidine rings is 1. The highest BCUT2D eigenvalue weighted by molar-refractivity contribution is 7.86. The molecule has 2 saturated heterocycles. The van der Waals surface area contributed by atoms with Crippen molar-refractivity contribution in [2.75, 3.05) is 19.6 Å². The molecule has 0 N–H and O–H groups in total. The van der Waals surface area contributed by atoms with Gasteiger partial charge in [0.25, 0.3) is 10.2 Å². The van der Waals surface area contributed by atoms with Crippen molar-refractivity contribution in [2.45, 2.75) is 38.6 Å². The van der Waals surface area contributed by atoms with E-state index in [0.717, 1.165) is 31.2 Å². The van der Waals surface area contributed by atoms with Crippen LogP contribution in [0, 0.1) is 5.92 Å². The van der Waals surface area contributed by atoms with Gasteiger partial charge in [0.05, 0.1) is 6.04 Å². The molecule has 3 rings (SSSR count). The molecule has 0 amide bonds. The van der Waals surface area contributed by atoms with E-state index in [0.29, 0.717) is 25.6 Å². The summed E-state index contributed by atoms with van der Waals surface area (Å²) >= 11 is 0. The van der Waals surface area contributed by atoms with E-state index < -0.39 is 10.2 Å². The molecule has 2 atom stereocenters. The molecule has 0 radical (unpaired) electrons. The molecule has 0 aliphatic carbocycles. The number of hydrogen-bond donors (Lipinski definition) is 0. The summed E-state index contributed by atoms with van der Waals surface area (Å²) in [5, 5.41) is 0. The third-order valence-corrected chi connectivity index (χ3v) is 6.64. The zero-order chi connectivity index (χ0) is 14.9. The van der Waals surface area contributed by atoms with Crippen molar-refractivity contribution in [2.24, 2.45) is 5.92 Å². The van der Waals surface area contributed by atoms with E-state index in [2.05, 4.69) is 6.92 Å². The Kier molecular flexibility index (Phi) is 4.33. The van der Waals surface area contributed by atoms with Gasteiger partial charge >= 0.3 is 0 Å². The van der Waals surface area contributed by atoms with Gasteiger partial charge in [0.2, 0.25) is 0 Å². The number of nitrogens with zero attached hydrogens (tertiary/aromatic N) is 2. The van der Waals surface area contributed by atoms with Crippen molar-refractivity contribution in [3.63, 3.8) is 0 Å². The first-order valence-electron chi connectivity index (χ1n) is 7.91. The Morgan fingerprint density at radius 2 is 1.76 bits per heavy atom. The SMILES string of the molecule is C[C@@H]1CCCN(S(=O)(=O)N2CCC[C@@H]2c2ccccc2)C1. The molecular weight excluding hydrogens is 284 g/mol. The van der Waals surface area contributed by atoms with Crippen LogP contribution in [0.4, 0.5) is 0 Å². The molecule has 0 bridgehead atoms. The van der Waals surface area contributed by atoms with E-state index in [1.165, 1.54) is 0 Å². The minimum absolute atomic E-state index is 0.00781. The molecule has 2 aliphatic heterocycles. The van der Waals surface area contributed by atoms with Crippen molar-refractivity contribution in [3.05, 3.63) is 35.9 Å². The largest absolute Gasteiger partial charge is 0.282 e. The summed E-state index contributed by atoms with van der Waals surface area (Å²) in [6, 6.07) is 10.0. The molecule has 0 unspecified atom stereocenters. The highest BCUT2D eigenvalue weighted by Crippen LogP contribution is 2.36. The van der Waals surface area contributed by atoms with Crippen LogP contribution in [0.25, 0.3) is 0 Å². The maximum absolute atomic E-state index is 13.0. The third-order valence-electron chi connectivity index (χ3n) is 4.63. The Bertz CT molecular complexity index is 573. The molecule has 116 valence electrons. The topological polar surface area (TPSA) is 40.6 Å². The van der Waals surface area contributed by atoms with Gasteiger partial charge in [-0.2, -0.15) is 17.0 Å². The molecule has 1 aromatic carbocycles. The fraction of sp³-hybridized carbons (Fsp3) is 0.625. The molecule has 0 saturated carbocycles. The zero-order valence-electron chi connectivity index (χ0n) is 12.6. The zero-order valence-corrected chi connectivity index (χ0v) is 13.4. The normalized spacial score (nSPS) is 28.8. The second-order valence-electron chi connectivity index (χ2n) is 6.29. The van der Waals surface area contributed by atoms with E-state index in [1.54, 1.807) is 8.61 Å². The van der Waals surface area contributed by atoms with Crippen LogP contribution < -0.4 is 0 Å². The Morgan fingerprint density at radius 1 is 1.05 bits per heavy atom. The first kappa shape index (κ1) is 15.0. The fourth-order valence-corrected chi connectivity index (χ4v) is 5.54. The van der Waals surface area contributed by atoms with Crippen molar-refractivity contribution < 1.29 is 8.42 Å². The predicted octanol–water partition coefficient (Wildman–Crippen LogP) is 2.80. The predicted molar refractivity (Wildman–Crippen MR) is 84.0 cm³/mol. The van der Waals surface area contributed by atoms with Crippen LogP contribution in [0.1, 0.15) is 44.2 Å². The van der Waals surface area contributed by atoms with Crippen LogP contribution in [0.2, 0.25) is 0 Å². The lowest BCUT2D eigenvalue weighted by atomic mass is 10.0. The monoisotopic (exact) mass is 308 g/mol. The van der Waals surface area contributed by atoms with E-state index in [-0.39, 0.29) is 6.04 Å². The third kappa shape index (κ3) is 3.00. The van der Waals surface area contributed by atoms with Crippen LogP contribution >= 0.6 is 0 Å². The Hall–Kier alpha value is -0.910. The van der Waals surface area contributed by atoms with E-state index >= 15 is 0 Å². The van der Waals surface area contributed by atoms with E-state index in [4.69, 9.17) is 0 Å². The van der Waals surface area contributed by atoms with Crippen molar-refractivity contribution in [3.8, 4) is 0 Å². The highest BCUT2D eigenvalue weighted by Gasteiger charge is 2.39. The second-order valence-corrected chi connectivity index (χ2v) is 8.17. The summed E-state index contributed by atoms with van der Waals surface area (Å²) in [5.74, 6) is 0.464. The van der Waals surface area contributed by atoms with Crippen LogP contribution in [-0.2, 0) is 10.2 Å². The van der Waals surface area contributed by atoms with Gasteiger partial charge in [-0.3, -0.25) is 0 Å². The Labute approximate surface area is 127 Å². The maximum atomic E-state index is 13.0. The van der Waals surface area contributed by atoms with Gasteiger partial charge in [0.1, 0.15) is 0 Å². The average molecular weight is 308 g/mol. The van der Waals surface area contributed by atoms with Crippen molar-refractivity contribution in [1.29, 1.82) is 0 Å². The summed E-state index contributed by atoms with van der Waals surface area (Å²) in [4.78, 5) is 0. The summed E-state index contributed by atoms with van der Waals surface area (Å²) in [6.07, 6.45) is 3.98. The van der Waals surface area contributed by atoms with Gasteiger partial charge in [-0.05, 0) is 37.2 Å². The fourth-order valence-electron chi connectivity index (χ4n) is 3.53. The smallest absolute Gasteiger partial charge is 0.195 e. The lowest BCUT2D eigenvalue weighted by Crippen LogP contribution is -2.47. The quantitative estimate of drug-likeness (QED) is 0.861.